The molecule has 0 radical (unpaired) electrons. The van der Waals surface area contributed by atoms with E-state index in [4.69, 9.17) is 4.74 Å². The van der Waals surface area contributed by atoms with E-state index < -0.39 is 0 Å². The zero-order chi connectivity index (χ0) is 9.52. The highest BCUT2D eigenvalue weighted by atomic mass is 19.1. The molecule has 13 heavy (non-hydrogen) atoms. The lowest BCUT2D eigenvalue weighted by atomic mass is 10.3. The molecule has 0 aliphatic carbocycles. The third-order valence-corrected chi connectivity index (χ3v) is 1.61. The molecule has 74 valence electrons. The molecule has 0 bridgehead atoms. The minimum absolute atomic E-state index is 0. The summed E-state index contributed by atoms with van der Waals surface area (Å²) in [6.45, 7) is 4.40. The fraction of sp³-hybridized carbons (Fsp3) is 0.400. The Hall–Kier alpha value is -1.09. The number of rotatable bonds is 5. The highest BCUT2D eigenvalue weighted by Crippen LogP contribution is 2.10. The molecule has 3 heteroatoms. The van der Waals surface area contributed by atoms with E-state index in [0.29, 0.717) is 12.4 Å². The van der Waals surface area contributed by atoms with Gasteiger partial charge in [-0.25, -0.2) is 4.39 Å². The summed E-state index contributed by atoms with van der Waals surface area (Å²) in [6, 6.07) is 6.04. The molecule has 0 spiro atoms. The fourth-order valence-electron chi connectivity index (χ4n) is 0.949. The van der Waals surface area contributed by atoms with Gasteiger partial charge in [-0.1, -0.05) is 6.92 Å². The van der Waals surface area contributed by atoms with E-state index in [9.17, 15) is 4.39 Å². The molecule has 1 N–H and O–H groups in total. The van der Waals surface area contributed by atoms with Crippen LogP contribution in [0.3, 0.4) is 0 Å². The molecule has 0 atom stereocenters. The first-order valence-corrected chi connectivity index (χ1v) is 4.42. The number of nitrogens with one attached hydrogen (secondary N) is 1. The first-order chi connectivity index (χ1) is 6.33. The van der Waals surface area contributed by atoms with Crippen LogP contribution in [0.1, 0.15) is 8.35 Å². The molecule has 0 aliphatic heterocycles. The average Bonchev–Trinajstić information content (AvgIpc) is 2.15. The van der Waals surface area contributed by atoms with E-state index >= 15 is 0 Å². The standard InChI is InChI=1S/C10H14FNO.H2/c1-2-12-7-8-13-10-5-3-9(11)4-6-10;/h3-6,12H,2,7-8H2,1H3;1H. The lowest BCUT2D eigenvalue weighted by Gasteiger charge is -2.05. The lowest BCUT2D eigenvalue weighted by Crippen LogP contribution is -2.20. The summed E-state index contributed by atoms with van der Waals surface area (Å²) in [6.07, 6.45) is 0. The molecular formula is C10H16FNO. The van der Waals surface area contributed by atoms with Gasteiger partial charge in [0, 0.05) is 7.97 Å². The van der Waals surface area contributed by atoms with Gasteiger partial charge in [0.05, 0.1) is 0 Å². The Labute approximate surface area is 79.2 Å². The second kappa shape index (κ2) is 5.54. The lowest BCUT2D eigenvalue weighted by molar-refractivity contribution is 0.315. The van der Waals surface area contributed by atoms with Gasteiger partial charge in [-0.3, -0.25) is 0 Å². The van der Waals surface area contributed by atoms with Gasteiger partial charge in [0.2, 0.25) is 0 Å². The molecule has 0 unspecified atom stereocenters. The zero-order valence-electron chi connectivity index (χ0n) is 7.72. The van der Waals surface area contributed by atoms with Crippen molar-refractivity contribution in [2.75, 3.05) is 19.7 Å². The van der Waals surface area contributed by atoms with Crippen molar-refractivity contribution >= 4 is 0 Å². The molecule has 0 heterocycles. The van der Waals surface area contributed by atoms with Crippen molar-refractivity contribution < 1.29 is 10.6 Å². The Morgan fingerprint density at radius 2 is 2.08 bits per heavy atom. The minimum Gasteiger partial charge on any atom is -0.492 e. The maximum absolute atomic E-state index is 12.5. The molecule has 0 amide bonds. The van der Waals surface area contributed by atoms with Gasteiger partial charge in [0.25, 0.3) is 0 Å². The molecule has 0 fully saturated rings. The zero-order valence-corrected chi connectivity index (χ0v) is 7.72. The second-order valence-electron chi connectivity index (χ2n) is 2.66. The van der Waals surface area contributed by atoms with Crippen LogP contribution in [0.25, 0.3) is 0 Å². The number of hydrogen-bond acceptors (Lipinski definition) is 2. The predicted molar refractivity (Wildman–Crippen MR) is 52.6 cm³/mol. The number of halogens is 1. The number of ether oxygens (including phenoxy) is 1. The summed E-state index contributed by atoms with van der Waals surface area (Å²) in [7, 11) is 0. The monoisotopic (exact) mass is 185 g/mol. The van der Waals surface area contributed by atoms with Crippen molar-refractivity contribution in [3.63, 3.8) is 0 Å². The molecule has 0 saturated heterocycles. The Kier molecular flexibility index (Phi) is 4.26. The van der Waals surface area contributed by atoms with E-state index in [2.05, 4.69) is 5.32 Å². The van der Waals surface area contributed by atoms with Crippen molar-refractivity contribution in [3.8, 4) is 5.75 Å². The summed E-state index contributed by atoms with van der Waals surface area (Å²) in [5.41, 5.74) is 0. The van der Waals surface area contributed by atoms with Crippen LogP contribution < -0.4 is 10.1 Å². The minimum atomic E-state index is -0.237. The van der Waals surface area contributed by atoms with Crippen LogP contribution in [-0.4, -0.2) is 19.7 Å². The Morgan fingerprint density at radius 3 is 2.69 bits per heavy atom. The Morgan fingerprint density at radius 1 is 1.38 bits per heavy atom. The summed E-state index contributed by atoms with van der Waals surface area (Å²) in [4.78, 5) is 0. The van der Waals surface area contributed by atoms with Crippen molar-refractivity contribution in [2.24, 2.45) is 0 Å². The second-order valence-corrected chi connectivity index (χ2v) is 2.66. The molecule has 2 nitrogen and oxygen atoms in total. The quantitative estimate of drug-likeness (QED) is 0.709. The number of likely N-dealkylation sites (N-methyl/N-ethyl adjacent to an activating group) is 1. The Bertz CT molecular complexity index is 240. The van der Waals surface area contributed by atoms with Crippen LogP contribution in [-0.2, 0) is 0 Å². The molecule has 0 saturated carbocycles. The van der Waals surface area contributed by atoms with Gasteiger partial charge in [0.1, 0.15) is 18.2 Å². The molecule has 1 rings (SSSR count). The van der Waals surface area contributed by atoms with Gasteiger partial charge in [0.15, 0.2) is 0 Å². The summed E-state index contributed by atoms with van der Waals surface area (Å²) < 4.78 is 17.8. The number of hydrogen-bond donors (Lipinski definition) is 1. The van der Waals surface area contributed by atoms with Gasteiger partial charge in [-0.05, 0) is 30.8 Å². The van der Waals surface area contributed by atoms with E-state index in [-0.39, 0.29) is 7.24 Å². The molecule has 0 aliphatic rings. The number of benzene rings is 1. The molecule has 1 aromatic rings. The summed E-state index contributed by atoms with van der Waals surface area (Å²) in [5, 5.41) is 3.13. The SMILES string of the molecule is CCNCCOc1ccc(F)cc1.[HH]. The van der Waals surface area contributed by atoms with Crippen molar-refractivity contribution in [3.05, 3.63) is 30.1 Å². The maximum Gasteiger partial charge on any atom is 0.123 e. The molecular weight excluding hydrogens is 169 g/mol. The van der Waals surface area contributed by atoms with Crippen LogP contribution in [0.15, 0.2) is 24.3 Å². The van der Waals surface area contributed by atoms with Crippen molar-refractivity contribution in [1.29, 1.82) is 0 Å². The van der Waals surface area contributed by atoms with E-state index in [1.54, 1.807) is 12.1 Å². The summed E-state index contributed by atoms with van der Waals surface area (Å²) in [5.74, 6) is 0.471. The topological polar surface area (TPSA) is 21.3 Å². The van der Waals surface area contributed by atoms with Gasteiger partial charge >= 0.3 is 0 Å². The third-order valence-electron chi connectivity index (χ3n) is 1.61. The van der Waals surface area contributed by atoms with Crippen molar-refractivity contribution in [2.45, 2.75) is 6.92 Å². The highest BCUT2D eigenvalue weighted by molar-refractivity contribution is 5.21. The Balaban J connectivity index is 0.00000169. The van der Waals surface area contributed by atoms with Gasteiger partial charge in [-0.2, -0.15) is 0 Å². The molecule has 0 aromatic heterocycles. The average molecular weight is 185 g/mol. The van der Waals surface area contributed by atoms with Crippen LogP contribution in [0.5, 0.6) is 5.75 Å². The largest absolute Gasteiger partial charge is 0.492 e. The smallest absolute Gasteiger partial charge is 0.123 e. The third kappa shape index (κ3) is 3.90. The highest BCUT2D eigenvalue weighted by Gasteiger charge is 1.93. The van der Waals surface area contributed by atoms with Crippen LogP contribution in [0.2, 0.25) is 0 Å². The predicted octanol–water partition coefficient (Wildman–Crippen LogP) is 2.06. The van der Waals surface area contributed by atoms with E-state index in [0.717, 1.165) is 13.1 Å². The first-order valence-electron chi connectivity index (χ1n) is 4.42. The maximum atomic E-state index is 12.5. The van der Waals surface area contributed by atoms with Gasteiger partial charge < -0.3 is 10.1 Å². The van der Waals surface area contributed by atoms with Crippen LogP contribution in [0, 0.1) is 5.82 Å². The van der Waals surface area contributed by atoms with Crippen LogP contribution >= 0.6 is 0 Å². The van der Waals surface area contributed by atoms with Crippen LogP contribution in [0.4, 0.5) is 4.39 Å². The molecule has 1 aromatic carbocycles. The first kappa shape index (κ1) is 9.99. The van der Waals surface area contributed by atoms with E-state index in [1.807, 2.05) is 6.92 Å². The summed E-state index contributed by atoms with van der Waals surface area (Å²) >= 11 is 0. The van der Waals surface area contributed by atoms with Crippen molar-refractivity contribution in [1.82, 2.24) is 5.32 Å². The van der Waals surface area contributed by atoms with Gasteiger partial charge in [-0.15, -0.1) is 0 Å². The van der Waals surface area contributed by atoms with E-state index in [1.165, 1.54) is 12.1 Å². The fourth-order valence-corrected chi connectivity index (χ4v) is 0.949. The normalized spacial score (nSPS) is 10.0.